The molecule has 1 amide bonds. The summed E-state index contributed by atoms with van der Waals surface area (Å²) in [5, 5.41) is 3.61. The average Bonchev–Trinajstić information content (AvgIpc) is 3.13. The molecule has 1 heterocycles. The first-order chi connectivity index (χ1) is 11.7. The van der Waals surface area contributed by atoms with Crippen molar-refractivity contribution in [3.8, 4) is 0 Å². The first-order valence-corrected chi connectivity index (χ1v) is 8.53. The van der Waals surface area contributed by atoms with E-state index in [1.807, 2.05) is 60.7 Å². The number of rotatable bonds is 5. The number of hydrogen-bond donors (Lipinski definition) is 1. The standard InChI is InChI=1S/C20H20ClNO2/c21-19-11-5-4-9-16(19)13-18(15-7-2-1-3-8-15)20(23)22-14-17-10-6-12-24-17/h1-5,7-9,11,13,17H,6,10,12,14H2,(H,22,23)/b18-13-/t17-/m1/s1. The minimum absolute atomic E-state index is 0.114. The number of hydrogen-bond acceptors (Lipinski definition) is 2. The maximum atomic E-state index is 12.7. The first kappa shape index (κ1) is 16.7. The highest BCUT2D eigenvalue weighted by Gasteiger charge is 2.18. The largest absolute Gasteiger partial charge is 0.376 e. The lowest BCUT2D eigenvalue weighted by atomic mass is 10.0. The summed E-state index contributed by atoms with van der Waals surface area (Å²) in [6.07, 6.45) is 4.01. The van der Waals surface area contributed by atoms with E-state index in [1.165, 1.54) is 0 Å². The van der Waals surface area contributed by atoms with Crippen LogP contribution in [0, 0.1) is 0 Å². The molecule has 4 heteroatoms. The van der Waals surface area contributed by atoms with Crippen LogP contribution in [0.1, 0.15) is 24.0 Å². The van der Waals surface area contributed by atoms with Gasteiger partial charge in [-0.3, -0.25) is 4.79 Å². The van der Waals surface area contributed by atoms with Crippen LogP contribution in [0.25, 0.3) is 11.6 Å². The number of carbonyl (C=O) groups excluding carboxylic acids is 1. The van der Waals surface area contributed by atoms with Gasteiger partial charge in [-0.15, -0.1) is 0 Å². The molecule has 1 fully saturated rings. The Morgan fingerprint density at radius 1 is 1.17 bits per heavy atom. The summed E-state index contributed by atoms with van der Waals surface area (Å²) < 4.78 is 5.57. The molecule has 0 aliphatic carbocycles. The van der Waals surface area contributed by atoms with Crippen molar-refractivity contribution in [3.05, 3.63) is 70.7 Å². The van der Waals surface area contributed by atoms with Gasteiger partial charge < -0.3 is 10.1 Å². The van der Waals surface area contributed by atoms with Gasteiger partial charge in [-0.1, -0.05) is 60.1 Å². The molecule has 0 bridgehead atoms. The third-order valence-corrected chi connectivity index (χ3v) is 4.39. The van der Waals surface area contributed by atoms with E-state index < -0.39 is 0 Å². The highest BCUT2D eigenvalue weighted by molar-refractivity contribution is 6.33. The number of halogens is 1. The molecule has 124 valence electrons. The summed E-state index contributed by atoms with van der Waals surface area (Å²) in [6.45, 7) is 1.31. The zero-order valence-electron chi connectivity index (χ0n) is 13.4. The highest BCUT2D eigenvalue weighted by atomic mass is 35.5. The van der Waals surface area contributed by atoms with Crippen LogP contribution >= 0.6 is 11.6 Å². The van der Waals surface area contributed by atoms with Crippen LogP contribution in [0.15, 0.2) is 54.6 Å². The SMILES string of the molecule is O=C(NC[C@H]1CCCO1)/C(=C\c1ccccc1Cl)c1ccccc1. The Kier molecular flexibility index (Phi) is 5.68. The van der Waals surface area contributed by atoms with Gasteiger partial charge in [0.25, 0.3) is 5.91 Å². The van der Waals surface area contributed by atoms with Crippen molar-refractivity contribution in [2.45, 2.75) is 18.9 Å². The molecule has 1 saturated heterocycles. The van der Waals surface area contributed by atoms with E-state index >= 15 is 0 Å². The molecular formula is C20H20ClNO2. The third kappa shape index (κ3) is 4.25. The zero-order valence-corrected chi connectivity index (χ0v) is 14.1. The molecule has 3 nitrogen and oxygen atoms in total. The van der Waals surface area contributed by atoms with E-state index in [0.29, 0.717) is 17.1 Å². The number of carbonyl (C=O) groups is 1. The molecule has 1 atom stereocenters. The van der Waals surface area contributed by atoms with Gasteiger partial charge in [0.1, 0.15) is 0 Å². The van der Waals surface area contributed by atoms with Crippen molar-refractivity contribution in [2.24, 2.45) is 0 Å². The Morgan fingerprint density at radius 3 is 2.62 bits per heavy atom. The van der Waals surface area contributed by atoms with Crippen LogP contribution in [0.2, 0.25) is 5.02 Å². The summed E-state index contributed by atoms with van der Waals surface area (Å²) >= 11 is 6.24. The number of amides is 1. The number of nitrogens with one attached hydrogen (secondary N) is 1. The van der Waals surface area contributed by atoms with Gasteiger partial charge in [-0.25, -0.2) is 0 Å². The summed E-state index contributed by atoms with van der Waals surface area (Å²) in [5.41, 5.74) is 2.29. The predicted octanol–water partition coefficient (Wildman–Crippen LogP) is 4.18. The van der Waals surface area contributed by atoms with Crippen LogP contribution in [0.5, 0.6) is 0 Å². The molecule has 24 heavy (non-hydrogen) atoms. The Balaban J connectivity index is 1.84. The molecule has 2 aromatic rings. The van der Waals surface area contributed by atoms with Crippen LogP contribution in [-0.2, 0) is 9.53 Å². The lowest BCUT2D eigenvalue weighted by Crippen LogP contribution is -2.32. The second-order valence-corrected chi connectivity index (χ2v) is 6.20. The van der Waals surface area contributed by atoms with E-state index in [-0.39, 0.29) is 12.0 Å². The molecular weight excluding hydrogens is 322 g/mol. The van der Waals surface area contributed by atoms with Gasteiger partial charge >= 0.3 is 0 Å². The molecule has 0 radical (unpaired) electrons. The monoisotopic (exact) mass is 341 g/mol. The highest BCUT2D eigenvalue weighted by Crippen LogP contribution is 2.23. The van der Waals surface area contributed by atoms with E-state index in [2.05, 4.69) is 5.32 Å². The van der Waals surface area contributed by atoms with Crippen molar-refractivity contribution in [3.63, 3.8) is 0 Å². The van der Waals surface area contributed by atoms with Crippen molar-refractivity contribution in [1.82, 2.24) is 5.32 Å². The second kappa shape index (κ2) is 8.13. The van der Waals surface area contributed by atoms with Crippen molar-refractivity contribution < 1.29 is 9.53 Å². The Bertz CT molecular complexity index is 721. The van der Waals surface area contributed by atoms with Gasteiger partial charge in [0, 0.05) is 23.7 Å². The molecule has 1 aliphatic heterocycles. The minimum atomic E-state index is -0.114. The van der Waals surface area contributed by atoms with Crippen molar-refractivity contribution in [1.29, 1.82) is 0 Å². The molecule has 1 N–H and O–H groups in total. The van der Waals surface area contributed by atoms with E-state index in [9.17, 15) is 4.79 Å². The third-order valence-electron chi connectivity index (χ3n) is 4.05. The summed E-state index contributed by atoms with van der Waals surface area (Å²) in [4.78, 5) is 12.7. The Labute approximate surface area is 147 Å². The van der Waals surface area contributed by atoms with E-state index in [1.54, 1.807) is 0 Å². The fourth-order valence-electron chi connectivity index (χ4n) is 2.75. The molecule has 0 aromatic heterocycles. The summed E-state index contributed by atoms with van der Waals surface area (Å²) in [5.74, 6) is -0.114. The molecule has 2 aromatic carbocycles. The molecule has 1 aliphatic rings. The van der Waals surface area contributed by atoms with Gasteiger partial charge in [0.05, 0.1) is 6.10 Å². The summed E-state index contributed by atoms with van der Waals surface area (Å²) in [6, 6.07) is 17.1. The maximum Gasteiger partial charge on any atom is 0.252 e. The normalized spacial score (nSPS) is 17.7. The Morgan fingerprint density at radius 2 is 1.92 bits per heavy atom. The van der Waals surface area contributed by atoms with E-state index in [0.717, 1.165) is 30.6 Å². The van der Waals surface area contributed by atoms with Gasteiger partial charge in [-0.2, -0.15) is 0 Å². The molecule has 3 rings (SSSR count). The summed E-state index contributed by atoms with van der Waals surface area (Å²) in [7, 11) is 0. The van der Waals surface area contributed by atoms with E-state index in [4.69, 9.17) is 16.3 Å². The molecule has 0 saturated carbocycles. The van der Waals surface area contributed by atoms with Crippen LogP contribution in [0.3, 0.4) is 0 Å². The van der Waals surface area contributed by atoms with Crippen LogP contribution < -0.4 is 5.32 Å². The lowest BCUT2D eigenvalue weighted by Gasteiger charge is -2.13. The second-order valence-electron chi connectivity index (χ2n) is 5.79. The van der Waals surface area contributed by atoms with Gasteiger partial charge in [-0.05, 0) is 36.1 Å². The van der Waals surface area contributed by atoms with Crippen molar-refractivity contribution in [2.75, 3.05) is 13.2 Å². The number of benzene rings is 2. The topological polar surface area (TPSA) is 38.3 Å². The Hall–Kier alpha value is -2.10. The quantitative estimate of drug-likeness (QED) is 0.654. The smallest absolute Gasteiger partial charge is 0.252 e. The fraction of sp³-hybridized carbons (Fsp3) is 0.250. The van der Waals surface area contributed by atoms with Gasteiger partial charge in [0.2, 0.25) is 0 Å². The van der Waals surface area contributed by atoms with Crippen LogP contribution in [0.4, 0.5) is 0 Å². The lowest BCUT2D eigenvalue weighted by molar-refractivity contribution is -0.116. The zero-order chi connectivity index (χ0) is 16.8. The predicted molar refractivity (Wildman–Crippen MR) is 97.7 cm³/mol. The van der Waals surface area contributed by atoms with Crippen LogP contribution in [-0.4, -0.2) is 25.2 Å². The number of ether oxygens (including phenoxy) is 1. The van der Waals surface area contributed by atoms with Gasteiger partial charge in [0.15, 0.2) is 0 Å². The fourth-order valence-corrected chi connectivity index (χ4v) is 2.94. The molecule has 0 unspecified atom stereocenters. The first-order valence-electron chi connectivity index (χ1n) is 8.15. The maximum absolute atomic E-state index is 12.7. The average molecular weight is 342 g/mol. The van der Waals surface area contributed by atoms with Crippen molar-refractivity contribution >= 4 is 29.2 Å². The minimum Gasteiger partial charge on any atom is -0.376 e. The molecule has 0 spiro atoms.